The van der Waals surface area contributed by atoms with Crippen LogP contribution >= 0.6 is 0 Å². The van der Waals surface area contributed by atoms with E-state index in [4.69, 9.17) is 5.11 Å². The molecule has 1 aliphatic heterocycles. The van der Waals surface area contributed by atoms with Gasteiger partial charge in [0.25, 0.3) is 11.8 Å². The molecular weight excluding hydrogens is 326 g/mol. The molecule has 1 aliphatic rings. The number of likely N-dealkylation sites (N-methyl/N-ethyl adjacent to an activating group) is 2. The van der Waals surface area contributed by atoms with Gasteiger partial charge in [0.15, 0.2) is 0 Å². The third-order valence-corrected chi connectivity index (χ3v) is 4.05. The van der Waals surface area contributed by atoms with E-state index >= 15 is 0 Å². The van der Waals surface area contributed by atoms with E-state index in [9.17, 15) is 14.4 Å². The average Bonchev–Trinajstić information content (AvgIpc) is 2.61. The van der Waals surface area contributed by atoms with Gasteiger partial charge in [-0.15, -0.1) is 0 Å². The van der Waals surface area contributed by atoms with E-state index in [1.807, 2.05) is 0 Å². The standard InChI is InChI=1S/C16H29N5O4/c1-18(2)15(24)14(16(25)19(3)13-23)12-17-4-5-20-6-8-21(9-7-20)10-11-22/h12-13,17,22H,4-11H2,1-3H3/b14-12-. The zero-order chi connectivity index (χ0) is 18.8. The topological polar surface area (TPSA) is 96.4 Å². The van der Waals surface area contributed by atoms with Gasteiger partial charge in [0, 0.05) is 73.2 Å². The molecule has 1 fully saturated rings. The van der Waals surface area contributed by atoms with Crippen molar-refractivity contribution in [2.75, 3.05) is 73.6 Å². The fraction of sp³-hybridized carbons (Fsp3) is 0.688. The predicted octanol–water partition coefficient (Wildman–Crippen LogP) is -2.23. The minimum absolute atomic E-state index is 0.0765. The van der Waals surface area contributed by atoms with Crippen LogP contribution in [0.2, 0.25) is 0 Å². The van der Waals surface area contributed by atoms with Crippen LogP contribution in [0.1, 0.15) is 0 Å². The van der Waals surface area contributed by atoms with Crippen molar-refractivity contribution in [1.82, 2.24) is 24.9 Å². The van der Waals surface area contributed by atoms with Gasteiger partial charge in [-0.05, 0) is 0 Å². The first-order chi connectivity index (χ1) is 11.9. The van der Waals surface area contributed by atoms with E-state index in [1.54, 1.807) is 14.1 Å². The molecule has 1 rings (SSSR count). The van der Waals surface area contributed by atoms with Crippen LogP contribution in [0, 0.1) is 0 Å². The normalized spacial score (nSPS) is 16.4. The molecule has 0 unspecified atom stereocenters. The zero-order valence-electron chi connectivity index (χ0n) is 15.3. The quantitative estimate of drug-likeness (QED) is 0.159. The number of hydrogen-bond acceptors (Lipinski definition) is 7. The molecule has 0 aromatic rings. The summed E-state index contributed by atoms with van der Waals surface area (Å²) in [5, 5.41) is 11.9. The van der Waals surface area contributed by atoms with Gasteiger partial charge < -0.3 is 15.3 Å². The summed E-state index contributed by atoms with van der Waals surface area (Å²) in [6, 6.07) is 0. The monoisotopic (exact) mass is 355 g/mol. The van der Waals surface area contributed by atoms with Gasteiger partial charge in [0.2, 0.25) is 6.41 Å². The highest BCUT2D eigenvalue weighted by atomic mass is 16.3. The number of nitrogens with zero attached hydrogens (tertiary/aromatic N) is 4. The predicted molar refractivity (Wildman–Crippen MR) is 93.6 cm³/mol. The van der Waals surface area contributed by atoms with E-state index in [0.717, 1.165) is 37.6 Å². The van der Waals surface area contributed by atoms with E-state index in [1.165, 1.54) is 18.1 Å². The van der Waals surface area contributed by atoms with Crippen molar-refractivity contribution in [3.8, 4) is 0 Å². The molecule has 1 saturated heterocycles. The lowest BCUT2D eigenvalue weighted by atomic mass is 10.2. The molecule has 1 heterocycles. The van der Waals surface area contributed by atoms with Gasteiger partial charge in [0.1, 0.15) is 5.57 Å². The molecule has 142 valence electrons. The third-order valence-electron chi connectivity index (χ3n) is 4.05. The number of aliphatic hydroxyl groups excluding tert-OH is 1. The Morgan fingerprint density at radius 1 is 1.04 bits per heavy atom. The van der Waals surface area contributed by atoms with Gasteiger partial charge in [-0.25, -0.2) is 0 Å². The van der Waals surface area contributed by atoms with Gasteiger partial charge in [-0.2, -0.15) is 0 Å². The number of piperazine rings is 1. The second kappa shape index (κ2) is 10.8. The first-order valence-electron chi connectivity index (χ1n) is 8.34. The Morgan fingerprint density at radius 3 is 2.08 bits per heavy atom. The average molecular weight is 355 g/mol. The van der Waals surface area contributed by atoms with Crippen LogP contribution < -0.4 is 5.32 Å². The van der Waals surface area contributed by atoms with Crippen LogP contribution in [0.25, 0.3) is 0 Å². The van der Waals surface area contributed by atoms with Crippen LogP contribution in [0.4, 0.5) is 0 Å². The smallest absolute Gasteiger partial charge is 0.267 e. The summed E-state index contributed by atoms with van der Waals surface area (Å²) in [5.41, 5.74) is -0.0765. The summed E-state index contributed by atoms with van der Waals surface area (Å²) >= 11 is 0. The third kappa shape index (κ3) is 6.81. The molecule has 9 nitrogen and oxygen atoms in total. The minimum atomic E-state index is -0.640. The molecule has 0 aromatic heterocycles. The molecule has 0 bridgehead atoms. The second-order valence-corrected chi connectivity index (χ2v) is 6.14. The molecule has 9 heteroatoms. The van der Waals surface area contributed by atoms with Gasteiger partial charge in [-0.3, -0.25) is 29.1 Å². The number of amides is 3. The van der Waals surface area contributed by atoms with Gasteiger partial charge >= 0.3 is 0 Å². The highest BCUT2D eigenvalue weighted by Gasteiger charge is 2.23. The summed E-state index contributed by atoms with van der Waals surface area (Å²) in [7, 11) is 4.42. The number of aliphatic hydroxyl groups is 1. The van der Waals surface area contributed by atoms with Crippen molar-refractivity contribution in [1.29, 1.82) is 0 Å². The van der Waals surface area contributed by atoms with E-state index in [0.29, 0.717) is 19.5 Å². The van der Waals surface area contributed by atoms with Crippen molar-refractivity contribution >= 4 is 18.2 Å². The maximum absolute atomic E-state index is 12.1. The Hall–Kier alpha value is -1.97. The number of carbonyl (C=O) groups is 3. The van der Waals surface area contributed by atoms with Crippen molar-refractivity contribution in [3.05, 3.63) is 11.8 Å². The largest absolute Gasteiger partial charge is 0.395 e. The highest BCUT2D eigenvalue weighted by molar-refractivity contribution is 6.19. The van der Waals surface area contributed by atoms with Crippen LogP contribution in [0.3, 0.4) is 0 Å². The van der Waals surface area contributed by atoms with Crippen molar-refractivity contribution in [2.45, 2.75) is 0 Å². The molecule has 2 N–H and O–H groups in total. The Kier molecular flexibility index (Phi) is 9.11. The molecule has 0 atom stereocenters. The molecule has 3 amide bonds. The number of nitrogens with one attached hydrogen (secondary N) is 1. The lowest BCUT2D eigenvalue weighted by molar-refractivity contribution is -0.136. The van der Waals surface area contributed by atoms with Crippen LogP contribution in [0.5, 0.6) is 0 Å². The van der Waals surface area contributed by atoms with Gasteiger partial charge in [0.05, 0.1) is 6.61 Å². The summed E-state index contributed by atoms with van der Waals surface area (Å²) in [4.78, 5) is 41.6. The molecule has 25 heavy (non-hydrogen) atoms. The minimum Gasteiger partial charge on any atom is -0.395 e. The van der Waals surface area contributed by atoms with Crippen molar-refractivity contribution in [2.24, 2.45) is 0 Å². The van der Waals surface area contributed by atoms with Crippen LogP contribution in [-0.4, -0.2) is 116 Å². The lowest BCUT2D eigenvalue weighted by Crippen LogP contribution is -2.48. The number of carbonyl (C=O) groups excluding carboxylic acids is 3. The van der Waals surface area contributed by atoms with E-state index in [2.05, 4.69) is 15.1 Å². The Bertz CT molecular complexity index is 487. The Labute approximate surface area is 148 Å². The maximum Gasteiger partial charge on any atom is 0.267 e. The summed E-state index contributed by atoms with van der Waals surface area (Å²) in [6.45, 7) is 5.93. The number of β-amino-alcohol motifs (C(OH)–C–C–N with tert-alkyl or cyclic N) is 1. The number of rotatable bonds is 9. The SMILES string of the molecule is CN(C)C(=O)/C(=C/NCCN1CCN(CCO)CC1)C(=O)N(C)C=O. The number of hydrogen-bond donors (Lipinski definition) is 2. The van der Waals surface area contributed by atoms with Gasteiger partial charge in [-0.1, -0.05) is 0 Å². The van der Waals surface area contributed by atoms with E-state index in [-0.39, 0.29) is 12.2 Å². The second-order valence-electron chi connectivity index (χ2n) is 6.14. The van der Waals surface area contributed by atoms with Crippen molar-refractivity contribution in [3.63, 3.8) is 0 Å². The lowest BCUT2D eigenvalue weighted by Gasteiger charge is -2.34. The first-order valence-corrected chi connectivity index (χ1v) is 8.34. The maximum atomic E-state index is 12.1. The fourth-order valence-electron chi connectivity index (χ4n) is 2.47. The van der Waals surface area contributed by atoms with Crippen LogP contribution in [0.15, 0.2) is 11.8 Å². The van der Waals surface area contributed by atoms with Crippen LogP contribution in [-0.2, 0) is 14.4 Å². The van der Waals surface area contributed by atoms with E-state index < -0.39 is 11.8 Å². The summed E-state index contributed by atoms with van der Waals surface area (Å²) in [6.07, 6.45) is 1.76. The highest BCUT2D eigenvalue weighted by Crippen LogP contribution is 2.03. The fourth-order valence-corrected chi connectivity index (χ4v) is 2.47. The molecule has 0 spiro atoms. The van der Waals surface area contributed by atoms with Crippen molar-refractivity contribution < 1.29 is 19.5 Å². The molecule has 0 saturated carbocycles. The summed E-state index contributed by atoms with van der Waals surface area (Å²) in [5.74, 6) is -1.09. The Morgan fingerprint density at radius 2 is 1.60 bits per heavy atom. The summed E-state index contributed by atoms with van der Waals surface area (Å²) < 4.78 is 0. The zero-order valence-corrected chi connectivity index (χ0v) is 15.3. The molecule has 0 aliphatic carbocycles. The Balaban J connectivity index is 2.51. The molecule has 0 aromatic carbocycles. The molecule has 0 radical (unpaired) electrons. The first kappa shape index (κ1) is 21.1. The molecular formula is C16H29N5O4. The number of imide groups is 1.